The van der Waals surface area contributed by atoms with Crippen LogP contribution in [0.1, 0.15) is 16.9 Å². The number of carboxylic acids is 1. The van der Waals surface area contributed by atoms with Crippen LogP contribution in [-0.2, 0) is 9.59 Å². The summed E-state index contributed by atoms with van der Waals surface area (Å²) in [6.07, 6.45) is -0.658. The van der Waals surface area contributed by atoms with Gasteiger partial charge in [0.2, 0.25) is 0 Å². The molecule has 110 valence electrons. The first-order valence-corrected chi connectivity index (χ1v) is 6.20. The van der Waals surface area contributed by atoms with Crippen LogP contribution in [0.25, 0.3) is 10.9 Å². The molecule has 1 heterocycles. The van der Waals surface area contributed by atoms with Crippen molar-refractivity contribution >= 4 is 28.6 Å². The zero-order chi connectivity index (χ0) is 15.4. The lowest BCUT2D eigenvalue weighted by Crippen LogP contribution is -2.43. The number of carbonyl (C=O) groups excluding carboxylic acids is 2. The Balaban J connectivity index is 2.17. The Hall–Kier alpha value is -2.70. The van der Waals surface area contributed by atoms with Crippen LogP contribution in [0.15, 0.2) is 30.3 Å². The number of nitrogens with one attached hydrogen (secondary N) is 2. The number of fused-ring (bicyclic) bond motifs is 1. The minimum atomic E-state index is -1.38. The zero-order valence-electron chi connectivity index (χ0n) is 10.9. The monoisotopic (exact) mass is 292 g/mol. The fraction of sp³-hybridized carbons (Fsp3) is 0.214. The van der Waals surface area contributed by atoms with Crippen molar-refractivity contribution in [1.82, 2.24) is 10.3 Å². The third kappa shape index (κ3) is 3.44. The molecule has 2 rings (SSSR count). The number of aromatic nitrogens is 1. The van der Waals surface area contributed by atoms with Gasteiger partial charge in [-0.05, 0) is 12.1 Å². The number of aliphatic carboxylic acids is 1. The molecule has 0 spiro atoms. The van der Waals surface area contributed by atoms with Crippen LogP contribution in [-0.4, -0.2) is 40.5 Å². The summed E-state index contributed by atoms with van der Waals surface area (Å²) in [4.78, 5) is 36.8. The summed E-state index contributed by atoms with van der Waals surface area (Å²) in [7, 11) is 0. The number of benzene rings is 1. The Morgan fingerprint density at radius 1 is 1.29 bits per heavy atom. The number of alkyl halides is 1. The van der Waals surface area contributed by atoms with Gasteiger partial charge in [-0.15, -0.1) is 0 Å². The summed E-state index contributed by atoms with van der Waals surface area (Å²) >= 11 is 0. The Morgan fingerprint density at radius 3 is 2.62 bits per heavy atom. The molecule has 1 unspecified atom stereocenters. The fourth-order valence-electron chi connectivity index (χ4n) is 1.94. The van der Waals surface area contributed by atoms with E-state index in [1.54, 1.807) is 30.3 Å². The van der Waals surface area contributed by atoms with Gasteiger partial charge in [0.1, 0.15) is 18.4 Å². The van der Waals surface area contributed by atoms with E-state index >= 15 is 0 Å². The van der Waals surface area contributed by atoms with Gasteiger partial charge in [0.15, 0.2) is 5.78 Å². The Morgan fingerprint density at radius 2 is 2.00 bits per heavy atom. The maximum Gasteiger partial charge on any atom is 0.305 e. The van der Waals surface area contributed by atoms with Gasteiger partial charge in [-0.25, -0.2) is 4.39 Å². The van der Waals surface area contributed by atoms with E-state index < -0.39 is 36.8 Å². The smallest absolute Gasteiger partial charge is 0.305 e. The highest BCUT2D eigenvalue weighted by atomic mass is 19.1. The average molecular weight is 292 g/mol. The maximum atomic E-state index is 12.4. The normalized spacial score (nSPS) is 12.0. The summed E-state index contributed by atoms with van der Waals surface area (Å²) < 4.78 is 12.4. The molecule has 1 amide bonds. The van der Waals surface area contributed by atoms with Crippen molar-refractivity contribution in [2.75, 3.05) is 6.67 Å². The van der Waals surface area contributed by atoms with Crippen molar-refractivity contribution in [2.24, 2.45) is 0 Å². The van der Waals surface area contributed by atoms with Gasteiger partial charge in [-0.1, -0.05) is 18.2 Å². The van der Waals surface area contributed by atoms with Crippen molar-refractivity contribution in [2.45, 2.75) is 12.5 Å². The van der Waals surface area contributed by atoms with Gasteiger partial charge in [0.05, 0.1) is 6.42 Å². The van der Waals surface area contributed by atoms with Crippen LogP contribution in [0.2, 0.25) is 0 Å². The number of hydrogen-bond donors (Lipinski definition) is 3. The van der Waals surface area contributed by atoms with E-state index in [9.17, 15) is 18.8 Å². The highest BCUT2D eigenvalue weighted by Crippen LogP contribution is 2.14. The van der Waals surface area contributed by atoms with E-state index in [0.29, 0.717) is 0 Å². The molecule has 0 aliphatic rings. The molecule has 7 heteroatoms. The zero-order valence-corrected chi connectivity index (χ0v) is 10.9. The number of carboxylic acid groups (broad SMARTS) is 1. The first-order valence-electron chi connectivity index (χ1n) is 6.20. The second-order valence-corrected chi connectivity index (χ2v) is 4.49. The number of amides is 1. The molecule has 2 aromatic rings. The van der Waals surface area contributed by atoms with Crippen molar-refractivity contribution in [1.29, 1.82) is 0 Å². The number of ketones is 1. The van der Waals surface area contributed by atoms with E-state index in [1.165, 1.54) is 0 Å². The van der Waals surface area contributed by atoms with Crippen molar-refractivity contribution in [3.05, 3.63) is 36.0 Å². The Bertz CT molecular complexity index is 662. The summed E-state index contributed by atoms with van der Waals surface area (Å²) in [6.45, 7) is -1.33. The third-order valence-corrected chi connectivity index (χ3v) is 2.98. The minimum Gasteiger partial charge on any atom is -0.481 e. The SMILES string of the molecule is O=C(O)CC(NC(=O)c1cc2ccccc2[nH]1)C(=O)CF. The second-order valence-electron chi connectivity index (χ2n) is 4.49. The maximum absolute atomic E-state index is 12.4. The molecule has 0 saturated heterocycles. The number of aromatic amines is 1. The average Bonchev–Trinajstić information content (AvgIpc) is 2.89. The molecule has 0 aliphatic heterocycles. The fourth-order valence-corrected chi connectivity index (χ4v) is 1.94. The van der Waals surface area contributed by atoms with Crippen LogP contribution in [0, 0.1) is 0 Å². The molecule has 1 atom stereocenters. The predicted octanol–water partition coefficient (Wildman–Crippen LogP) is 1.28. The van der Waals surface area contributed by atoms with E-state index in [2.05, 4.69) is 10.3 Å². The number of rotatable bonds is 6. The molecule has 1 aromatic heterocycles. The second kappa shape index (κ2) is 6.17. The molecule has 6 nitrogen and oxygen atoms in total. The van der Waals surface area contributed by atoms with Crippen LogP contribution >= 0.6 is 0 Å². The van der Waals surface area contributed by atoms with Gasteiger partial charge in [0, 0.05) is 10.9 Å². The number of halogens is 1. The lowest BCUT2D eigenvalue weighted by Gasteiger charge is -2.13. The van der Waals surface area contributed by atoms with E-state index in [0.717, 1.165) is 10.9 Å². The number of H-pyrrole nitrogens is 1. The highest BCUT2D eigenvalue weighted by Gasteiger charge is 2.24. The van der Waals surface area contributed by atoms with Crippen molar-refractivity contribution in [3.63, 3.8) is 0 Å². The standard InChI is InChI=1S/C14H13FN2O4/c15-7-12(18)10(6-13(19)20)17-14(21)11-5-8-3-1-2-4-9(8)16-11/h1-5,10,16H,6-7H2,(H,17,21)(H,19,20). The van der Waals surface area contributed by atoms with Gasteiger partial charge in [-0.3, -0.25) is 14.4 Å². The first kappa shape index (κ1) is 14.7. The number of para-hydroxylation sites is 1. The summed E-state index contributed by atoms with van der Waals surface area (Å²) in [6, 6.07) is 7.35. The largest absolute Gasteiger partial charge is 0.481 e. The third-order valence-electron chi connectivity index (χ3n) is 2.98. The van der Waals surface area contributed by atoms with Crippen molar-refractivity contribution in [3.8, 4) is 0 Å². The molecular weight excluding hydrogens is 279 g/mol. The van der Waals surface area contributed by atoms with E-state index in [1.807, 2.05) is 0 Å². The van der Waals surface area contributed by atoms with E-state index in [4.69, 9.17) is 5.11 Å². The molecule has 0 saturated carbocycles. The molecule has 0 radical (unpaired) electrons. The predicted molar refractivity (Wildman–Crippen MR) is 72.8 cm³/mol. The molecule has 3 N–H and O–H groups in total. The summed E-state index contributed by atoms with van der Waals surface area (Å²) in [5, 5.41) is 11.7. The lowest BCUT2D eigenvalue weighted by atomic mass is 10.1. The van der Waals surface area contributed by atoms with Crippen LogP contribution < -0.4 is 5.32 Å². The minimum absolute atomic E-state index is 0.179. The molecule has 0 bridgehead atoms. The van der Waals surface area contributed by atoms with Crippen molar-refractivity contribution < 1.29 is 23.9 Å². The first-order chi connectivity index (χ1) is 10.0. The molecular formula is C14H13FN2O4. The number of carbonyl (C=O) groups is 3. The van der Waals surface area contributed by atoms with Gasteiger partial charge >= 0.3 is 5.97 Å². The summed E-state index contributed by atoms with van der Waals surface area (Å²) in [5.41, 5.74) is 0.910. The molecule has 0 aliphatic carbocycles. The van der Waals surface area contributed by atoms with E-state index in [-0.39, 0.29) is 5.69 Å². The number of Topliss-reactive ketones (excluding diaryl/α,β-unsaturated/α-hetero) is 1. The van der Waals surface area contributed by atoms with Crippen LogP contribution in [0.3, 0.4) is 0 Å². The van der Waals surface area contributed by atoms with Gasteiger partial charge < -0.3 is 15.4 Å². The lowest BCUT2D eigenvalue weighted by molar-refractivity contribution is -0.139. The highest BCUT2D eigenvalue weighted by molar-refractivity contribution is 6.01. The Labute approximate surface area is 119 Å². The van der Waals surface area contributed by atoms with Crippen LogP contribution in [0.4, 0.5) is 4.39 Å². The molecule has 21 heavy (non-hydrogen) atoms. The quantitative estimate of drug-likeness (QED) is 0.746. The van der Waals surface area contributed by atoms with Gasteiger partial charge in [0.25, 0.3) is 5.91 Å². The van der Waals surface area contributed by atoms with Crippen LogP contribution in [0.5, 0.6) is 0 Å². The topological polar surface area (TPSA) is 99.3 Å². The Kier molecular flexibility index (Phi) is 4.32. The summed E-state index contributed by atoms with van der Waals surface area (Å²) in [5.74, 6) is -2.92. The van der Waals surface area contributed by atoms with Gasteiger partial charge in [-0.2, -0.15) is 0 Å². The molecule has 0 fully saturated rings. The molecule has 1 aromatic carbocycles. The number of hydrogen-bond acceptors (Lipinski definition) is 3.